The highest BCUT2D eigenvalue weighted by Crippen LogP contribution is 2.25. The van der Waals surface area contributed by atoms with Crippen LogP contribution in [-0.4, -0.2) is 47.5 Å². The maximum Gasteiger partial charge on any atom is 0.507 e. The van der Waals surface area contributed by atoms with Crippen molar-refractivity contribution in [1.29, 1.82) is 0 Å². The third-order valence-electron chi connectivity index (χ3n) is 3.22. The standard InChI is InChI=1S/C14H18N2O5/c1-20-12-6-5-10(8-11(12)17)9-15-16-7-3-2-4-13(16)21-14(18)19/h5-6,8-9,13,17H,2-4,7H2,1H3,(H,18,19)/b15-9+. The molecule has 7 heteroatoms. The Labute approximate surface area is 122 Å². The number of hydrogen-bond donors (Lipinski definition) is 2. The molecule has 0 spiro atoms. The van der Waals surface area contributed by atoms with Crippen LogP contribution >= 0.6 is 0 Å². The van der Waals surface area contributed by atoms with E-state index in [1.165, 1.54) is 13.2 Å². The molecule has 1 aliphatic heterocycles. The first kappa shape index (κ1) is 15.0. The Morgan fingerprint density at radius 3 is 2.95 bits per heavy atom. The molecule has 1 atom stereocenters. The van der Waals surface area contributed by atoms with E-state index in [1.54, 1.807) is 23.4 Å². The Kier molecular flexibility index (Phi) is 4.86. The Hall–Kier alpha value is -2.44. The third kappa shape index (κ3) is 4.01. The van der Waals surface area contributed by atoms with Crippen molar-refractivity contribution in [2.75, 3.05) is 13.7 Å². The predicted molar refractivity (Wildman–Crippen MR) is 75.7 cm³/mol. The first-order valence-corrected chi connectivity index (χ1v) is 6.67. The number of rotatable bonds is 4. The highest BCUT2D eigenvalue weighted by Gasteiger charge is 2.24. The summed E-state index contributed by atoms with van der Waals surface area (Å²) in [6, 6.07) is 4.91. The van der Waals surface area contributed by atoms with Crippen LogP contribution in [0, 0.1) is 0 Å². The quantitative estimate of drug-likeness (QED) is 0.653. The fraction of sp³-hybridized carbons (Fsp3) is 0.429. The summed E-state index contributed by atoms with van der Waals surface area (Å²) in [6.45, 7) is 0.635. The van der Waals surface area contributed by atoms with Crippen molar-refractivity contribution in [1.82, 2.24) is 5.01 Å². The van der Waals surface area contributed by atoms with Gasteiger partial charge in [-0.1, -0.05) is 0 Å². The molecule has 1 aromatic rings. The molecule has 21 heavy (non-hydrogen) atoms. The van der Waals surface area contributed by atoms with Crippen LogP contribution in [0.3, 0.4) is 0 Å². The zero-order chi connectivity index (χ0) is 15.2. The first-order chi connectivity index (χ1) is 10.1. The Balaban J connectivity index is 2.07. The van der Waals surface area contributed by atoms with E-state index in [0.717, 1.165) is 12.8 Å². The SMILES string of the molecule is COc1ccc(/C=N/N2CCCCC2OC(=O)O)cc1O. The summed E-state index contributed by atoms with van der Waals surface area (Å²) in [5, 5.41) is 24.3. The van der Waals surface area contributed by atoms with Crippen molar-refractivity contribution < 1.29 is 24.5 Å². The lowest BCUT2D eigenvalue weighted by Crippen LogP contribution is -2.38. The monoisotopic (exact) mass is 294 g/mol. The zero-order valence-corrected chi connectivity index (χ0v) is 11.7. The van der Waals surface area contributed by atoms with E-state index >= 15 is 0 Å². The maximum absolute atomic E-state index is 10.7. The number of phenols is 1. The van der Waals surface area contributed by atoms with Crippen LogP contribution in [0.1, 0.15) is 24.8 Å². The average Bonchev–Trinajstić information content (AvgIpc) is 2.46. The molecule has 0 aromatic heterocycles. The summed E-state index contributed by atoms with van der Waals surface area (Å²) in [4.78, 5) is 10.7. The zero-order valence-electron chi connectivity index (χ0n) is 11.7. The number of hydrogen-bond acceptors (Lipinski definition) is 6. The fourth-order valence-corrected chi connectivity index (χ4v) is 2.18. The van der Waals surface area contributed by atoms with Gasteiger partial charge in [0.05, 0.1) is 13.3 Å². The van der Waals surface area contributed by atoms with Gasteiger partial charge in [0.25, 0.3) is 0 Å². The predicted octanol–water partition coefficient (Wildman–Crippen LogP) is 2.24. The second kappa shape index (κ2) is 6.83. The van der Waals surface area contributed by atoms with Gasteiger partial charge in [-0.05, 0) is 36.6 Å². The van der Waals surface area contributed by atoms with E-state index in [4.69, 9.17) is 14.6 Å². The summed E-state index contributed by atoms with van der Waals surface area (Å²) in [7, 11) is 1.48. The van der Waals surface area contributed by atoms with Crippen LogP contribution in [0.4, 0.5) is 4.79 Å². The molecule has 0 aliphatic carbocycles. The van der Waals surface area contributed by atoms with E-state index in [2.05, 4.69) is 5.10 Å². The van der Waals surface area contributed by atoms with Gasteiger partial charge in [0, 0.05) is 13.0 Å². The Morgan fingerprint density at radius 1 is 1.48 bits per heavy atom. The number of nitrogens with zero attached hydrogens (tertiary/aromatic N) is 2. The molecule has 114 valence electrons. The number of carboxylic acid groups (broad SMARTS) is 1. The number of phenolic OH excluding ortho intramolecular Hbond substituents is 1. The number of benzene rings is 1. The lowest BCUT2D eigenvalue weighted by molar-refractivity contribution is -0.0538. The first-order valence-electron chi connectivity index (χ1n) is 6.67. The molecule has 2 N–H and O–H groups in total. The second-order valence-corrected chi connectivity index (χ2v) is 4.67. The Morgan fingerprint density at radius 2 is 2.29 bits per heavy atom. The molecule has 0 radical (unpaired) electrons. The topological polar surface area (TPSA) is 91.6 Å². The van der Waals surface area contributed by atoms with Gasteiger partial charge >= 0.3 is 6.16 Å². The van der Waals surface area contributed by atoms with Gasteiger partial charge < -0.3 is 19.7 Å². The van der Waals surface area contributed by atoms with Crippen molar-refractivity contribution in [3.8, 4) is 11.5 Å². The highest BCUT2D eigenvalue weighted by molar-refractivity contribution is 5.80. The molecule has 1 unspecified atom stereocenters. The van der Waals surface area contributed by atoms with Crippen LogP contribution in [0.15, 0.2) is 23.3 Å². The minimum atomic E-state index is -1.30. The van der Waals surface area contributed by atoms with Crippen molar-refractivity contribution >= 4 is 12.4 Å². The summed E-state index contributed by atoms with van der Waals surface area (Å²) in [5.41, 5.74) is 0.688. The van der Waals surface area contributed by atoms with Crippen molar-refractivity contribution in [2.24, 2.45) is 5.10 Å². The number of aromatic hydroxyl groups is 1. The molecular weight excluding hydrogens is 276 g/mol. The third-order valence-corrected chi connectivity index (χ3v) is 3.22. The van der Waals surface area contributed by atoms with Crippen molar-refractivity contribution in [2.45, 2.75) is 25.5 Å². The van der Waals surface area contributed by atoms with Gasteiger partial charge in [-0.25, -0.2) is 4.79 Å². The molecule has 1 heterocycles. The molecule has 1 fully saturated rings. The lowest BCUT2D eigenvalue weighted by Gasteiger charge is -2.31. The molecule has 0 bridgehead atoms. The van der Waals surface area contributed by atoms with Crippen LogP contribution in [0.5, 0.6) is 11.5 Å². The molecule has 1 aromatic carbocycles. The number of ether oxygens (including phenoxy) is 2. The maximum atomic E-state index is 10.7. The van der Waals surface area contributed by atoms with Gasteiger partial charge in [-0.15, -0.1) is 0 Å². The van der Waals surface area contributed by atoms with Gasteiger partial charge in [0.2, 0.25) is 0 Å². The van der Waals surface area contributed by atoms with Crippen LogP contribution in [-0.2, 0) is 4.74 Å². The van der Waals surface area contributed by atoms with E-state index in [0.29, 0.717) is 24.3 Å². The highest BCUT2D eigenvalue weighted by atomic mass is 16.7. The summed E-state index contributed by atoms with van der Waals surface area (Å²) in [5.74, 6) is 0.413. The van der Waals surface area contributed by atoms with Crippen molar-refractivity contribution in [3.05, 3.63) is 23.8 Å². The second-order valence-electron chi connectivity index (χ2n) is 4.67. The van der Waals surface area contributed by atoms with Crippen molar-refractivity contribution in [3.63, 3.8) is 0 Å². The molecule has 0 saturated carbocycles. The minimum absolute atomic E-state index is 0.0263. The molecule has 1 saturated heterocycles. The molecular formula is C14H18N2O5. The molecule has 2 rings (SSSR count). The summed E-state index contributed by atoms with van der Waals surface area (Å²) in [6.07, 6.45) is 2.17. The van der Waals surface area contributed by atoms with Crippen LogP contribution < -0.4 is 4.74 Å². The normalized spacial score (nSPS) is 18.7. The van der Waals surface area contributed by atoms with Crippen LogP contribution in [0.2, 0.25) is 0 Å². The molecule has 0 amide bonds. The van der Waals surface area contributed by atoms with Gasteiger partial charge in [0.15, 0.2) is 17.7 Å². The number of methoxy groups -OCH3 is 1. The number of hydrazone groups is 1. The fourth-order valence-electron chi connectivity index (χ4n) is 2.18. The average molecular weight is 294 g/mol. The molecule has 1 aliphatic rings. The van der Waals surface area contributed by atoms with Crippen LogP contribution in [0.25, 0.3) is 0 Å². The van der Waals surface area contributed by atoms with E-state index in [1.807, 2.05) is 0 Å². The number of piperidine rings is 1. The Bertz CT molecular complexity index is 532. The lowest BCUT2D eigenvalue weighted by atomic mass is 10.1. The molecule has 7 nitrogen and oxygen atoms in total. The smallest absolute Gasteiger partial charge is 0.504 e. The number of carbonyl (C=O) groups is 1. The summed E-state index contributed by atoms with van der Waals surface area (Å²) < 4.78 is 9.78. The van der Waals surface area contributed by atoms with Gasteiger partial charge in [-0.2, -0.15) is 5.10 Å². The van der Waals surface area contributed by atoms with E-state index in [-0.39, 0.29) is 5.75 Å². The van der Waals surface area contributed by atoms with Gasteiger partial charge in [-0.3, -0.25) is 5.01 Å². The summed E-state index contributed by atoms with van der Waals surface area (Å²) >= 11 is 0. The van der Waals surface area contributed by atoms with Gasteiger partial charge in [0.1, 0.15) is 0 Å². The van der Waals surface area contributed by atoms with E-state index < -0.39 is 12.4 Å². The largest absolute Gasteiger partial charge is 0.507 e. The minimum Gasteiger partial charge on any atom is -0.504 e. The van der Waals surface area contributed by atoms with E-state index in [9.17, 15) is 9.90 Å².